The molecular weight excluding hydrogens is 519 g/mol. The number of phenols is 1. The number of para-hydroxylation sites is 1. The molecule has 6 nitrogen and oxygen atoms in total. The number of nitrogens with zero attached hydrogens (tertiary/aromatic N) is 4. The SMILES string of the molecule is COc1cc(-c2nc3ccccn3c2N=Cc2cn(Cc3ccc(Cl)c(Cl)c3)c3ccccc23)ccc1O. The van der Waals surface area contributed by atoms with Crippen molar-refractivity contribution in [2.75, 3.05) is 7.11 Å². The fourth-order valence-electron chi connectivity index (χ4n) is 4.60. The highest BCUT2D eigenvalue weighted by molar-refractivity contribution is 6.42. The number of rotatable bonds is 6. The number of fused-ring (bicyclic) bond motifs is 2. The van der Waals surface area contributed by atoms with E-state index in [0.29, 0.717) is 33.9 Å². The first-order chi connectivity index (χ1) is 18.5. The summed E-state index contributed by atoms with van der Waals surface area (Å²) in [5.74, 6) is 1.12. The smallest absolute Gasteiger partial charge is 0.165 e. The number of pyridine rings is 1. The van der Waals surface area contributed by atoms with Crippen molar-refractivity contribution in [3.63, 3.8) is 0 Å². The molecule has 0 saturated carbocycles. The third-order valence-corrected chi connectivity index (χ3v) is 7.18. The van der Waals surface area contributed by atoms with Crippen LogP contribution >= 0.6 is 23.2 Å². The van der Waals surface area contributed by atoms with E-state index >= 15 is 0 Å². The average Bonchev–Trinajstić information content (AvgIpc) is 3.48. The van der Waals surface area contributed by atoms with Gasteiger partial charge in [0.1, 0.15) is 11.3 Å². The van der Waals surface area contributed by atoms with Gasteiger partial charge in [0.25, 0.3) is 0 Å². The van der Waals surface area contributed by atoms with Crippen LogP contribution in [0.3, 0.4) is 0 Å². The summed E-state index contributed by atoms with van der Waals surface area (Å²) in [5.41, 5.74) is 5.35. The lowest BCUT2D eigenvalue weighted by Gasteiger charge is -2.06. The lowest BCUT2D eigenvalue weighted by atomic mass is 10.1. The Kier molecular flexibility index (Phi) is 6.27. The van der Waals surface area contributed by atoms with E-state index in [1.54, 1.807) is 12.1 Å². The van der Waals surface area contributed by atoms with Crippen molar-refractivity contribution in [3.8, 4) is 22.8 Å². The molecule has 1 N–H and O–H groups in total. The fraction of sp³-hybridized carbons (Fsp3) is 0.0667. The second-order valence-corrected chi connectivity index (χ2v) is 9.65. The van der Waals surface area contributed by atoms with Crippen LogP contribution in [0.1, 0.15) is 11.1 Å². The molecule has 0 radical (unpaired) electrons. The zero-order valence-electron chi connectivity index (χ0n) is 20.3. The number of imidazole rings is 1. The van der Waals surface area contributed by atoms with E-state index in [-0.39, 0.29) is 5.75 Å². The number of aromatic nitrogens is 3. The van der Waals surface area contributed by atoms with Crippen molar-refractivity contribution in [2.45, 2.75) is 6.54 Å². The van der Waals surface area contributed by atoms with Crippen molar-refractivity contribution < 1.29 is 9.84 Å². The van der Waals surface area contributed by atoms with Gasteiger partial charge >= 0.3 is 0 Å². The number of ether oxygens (including phenoxy) is 1. The van der Waals surface area contributed by atoms with Crippen molar-refractivity contribution in [1.82, 2.24) is 14.0 Å². The highest BCUT2D eigenvalue weighted by Gasteiger charge is 2.16. The molecule has 6 rings (SSSR count). The summed E-state index contributed by atoms with van der Waals surface area (Å²) in [4.78, 5) is 9.76. The maximum Gasteiger partial charge on any atom is 0.165 e. The van der Waals surface area contributed by atoms with Crippen LogP contribution in [0.15, 0.2) is 96.2 Å². The molecule has 3 aromatic carbocycles. The summed E-state index contributed by atoms with van der Waals surface area (Å²) in [7, 11) is 1.52. The fourth-order valence-corrected chi connectivity index (χ4v) is 4.92. The normalized spacial score (nSPS) is 11.7. The third-order valence-electron chi connectivity index (χ3n) is 6.44. The minimum absolute atomic E-state index is 0.0693. The number of benzene rings is 3. The Labute approximate surface area is 229 Å². The van der Waals surface area contributed by atoms with Crippen LogP contribution in [0.25, 0.3) is 27.8 Å². The predicted molar refractivity (Wildman–Crippen MR) is 154 cm³/mol. The maximum absolute atomic E-state index is 10.1. The Hall–Kier alpha value is -4.26. The number of hydrogen-bond donors (Lipinski definition) is 1. The zero-order chi connectivity index (χ0) is 26.2. The molecule has 0 aliphatic rings. The summed E-state index contributed by atoms with van der Waals surface area (Å²) in [5, 5.41) is 12.2. The van der Waals surface area contributed by atoms with E-state index in [1.165, 1.54) is 7.11 Å². The first kappa shape index (κ1) is 24.1. The van der Waals surface area contributed by atoms with Gasteiger partial charge in [-0.1, -0.05) is 53.5 Å². The minimum atomic E-state index is 0.0693. The van der Waals surface area contributed by atoms with Crippen LogP contribution in [0.5, 0.6) is 11.5 Å². The predicted octanol–water partition coefficient (Wildman–Crippen LogP) is 7.78. The van der Waals surface area contributed by atoms with E-state index in [4.69, 9.17) is 37.9 Å². The quantitative estimate of drug-likeness (QED) is 0.219. The Morgan fingerprint density at radius 1 is 0.974 bits per heavy atom. The number of methoxy groups -OCH3 is 1. The van der Waals surface area contributed by atoms with Crippen LogP contribution in [0.4, 0.5) is 5.82 Å². The summed E-state index contributed by atoms with van der Waals surface area (Å²) in [6.07, 6.45) is 5.89. The molecule has 188 valence electrons. The topological polar surface area (TPSA) is 64.0 Å². The number of hydrogen-bond acceptors (Lipinski definition) is 4. The zero-order valence-corrected chi connectivity index (χ0v) is 21.9. The first-order valence-electron chi connectivity index (χ1n) is 11.9. The molecule has 3 heterocycles. The molecule has 3 aromatic heterocycles. The second kappa shape index (κ2) is 9.89. The molecule has 0 amide bonds. The Morgan fingerprint density at radius 2 is 1.82 bits per heavy atom. The van der Waals surface area contributed by atoms with Gasteiger partial charge in [0, 0.05) is 47.2 Å². The molecule has 0 bridgehead atoms. The molecule has 0 spiro atoms. The number of phenolic OH excluding ortho intramolecular Hbond substituents is 1. The van der Waals surface area contributed by atoms with Crippen LogP contribution in [-0.4, -0.2) is 32.4 Å². The van der Waals surface area contributed by atoms with Crippen LogP contribution in [-0.2, 0) is 6.54 Å². The maximum atomic E-state index is 10.1. The number of aromatic hydroxyl groups is 1. The van der Waals surface area contributed by atoms with Gasteiger partial charge in [0.15, 0.2) is 17.3 Å². The van der Waals surface area contributed by atoms with Gasteiger partial charge < -0.3 is 14.4 Å². The monoisotopic (exact) mass is 540 g/mol. The van der Waals surface area contributed by atoms with Crippen molar-refractivity contribution >= 4 is 51.8 Å². The molecule has 0 aliphatic carbocycles. The minimum Gasteiger partial charge on any atom is -0.504 e. The van der Waals surface area contributed by atoms with Crippen molar-refractivity contribution in [2.24, 2.45) is 4.99 Å². The van der Waals surface area contributed by atoms with E-state index in [9.17, 15) is 5.11 Å². The van der Waals surface area contributed by atoms with Gasteiger partial charge in [-0.3, -0.25) is 4.40 Å². The van der Waals surface area contributed by atoms with Gasteiger partial charge in [0.2, 0.25) is 0 Å². The molecule has 0 atom stereocenters. The molecular formula is C30H22Cl2N4O2. The average molecular weight is 541 g/mol. The second-order valence-electron chi connectivity index (χ2n) is 8.84. The Morgan fingerprint density at radius 3 is 2.66 bits per heavy atom. The highest BCUT2D eigenvalue weighted by Crippen LogP contribution is 2.36. The standard InChI is InChI=1S/C30H22Cl2N4O2/c1-38-27-15-20(10-12-26(27)37)29-30(36-13-5-4-8-28(36)34-29)33-16-21-18-35(25-7-3-2-6-22(21)25)17-19-9-11-23(31)24(32)14-19/h2-16,18,37H,17H2,1H3. The van der Waals surface area contributed by atoms with Gasteiger partial charge in [0.05, 0.1) is 17.2 Å². The molecule has 0 fully saturated rings. The number of aliphatic imine (C=N–C) groups is 1. The Bertz CT molecular complexity index is 1840. The van der Waals surface area contributed by atoms with Crippen molar-refractivity contribution in [1.29, 1.82) is 0 Å². The Balaban J connectivity index is 1.45. The first-order valence-corrected chi connectivity index (χ1v) is 12.7. The molecule has 0 unspecified atom stereocenters. The summed E-state index contributed by atoms with van der Waals surface area (Å²) >= 11 is 12.4. The summed E-state index contributed by atoms with van der Waals surface area (Å²) < 4.78 is 9.44. The van der Waals surface area contributed by atoms with Crippen LogP contribution < -0.4 is 4.74 Å². The van der Waals surface area contributed by atoms with E-state index in [1.807, 2.05) is 71.4 Å². The van der Waals surface area contributed by atoms with Gasteiger partial charge in [-0.2, -0.15) is 0 Å². The molecule has 38 heavy (non-hydrogen) atoms. The molecule has 8 heteroatoms. The largest absolute Gasteiger partial charge is 0.504 e. The van der Waals surface area contributed by atoms with Gasteiger partial charge in [-0.25, -0.2) is 9.98 Å². The highest BCUT2D eigenvalue weighted by atomic mass is 35.5. The molecule has 0 aliphatic heterocycles. The lowest BCUT2D eigenvalue weighted by Crippen LogP contribution is -1.97. The van der Waals surface area contributed by atoms with Crippen molar-refractivity contribution in [3.05, 3.63) is 112 Å². The number of halogens is 2. The van der Waals surface area contributed by atoms with E-state index in [2.05, 4.69) is 22.9 Å². The van der Waals surface area contributed by atoms with E-state index < -0.39 is 0 Å². The van der Waals surface area contributed by atoms with E-state index in [0.717, 1.165) is 33.2 Å². The van der Waals surface area contributed by atoms with Gasteiger partial charge in [-0.05, 0) is 54.1 Å². The summed E-state index contributed by atoms with van der Waals surface area (Å²) in [6, 6.07) is 24.9. The molecule has 6 aromatic rings. The van der Waals surface area contributed by atoms with Crippen LogP contribution in [0.2, 0.25) is 10.0 Å². The third kappa shape index (κ3) is 4.38. The summed E-state index contributed by atoms with van der Waals surface area (Å²) in [6.45, 7) is 0.638. The van der Waals surface area contributed by atoms with Gasteiger partial charge in [-0.15, -0.1) is 0 Å². The van der Waals surface area contributed by atoms with Crippen LogP contribution in [0, 0.1) is 0 Å². The molecule has 0 saturated heterocycles. The lowest BCUT2D eigenvalue weighted by molar-refractivity contribution is 0.373.